The molecule has 0 bridgehead atoms. The molecule has 0 aliphatic rings. The lowest BCUT2D eigenvalue weighted by Crippen LogP contribution is -2.35. The van der Waals surface area contributed by atoms with E-state index in [-0.39, 0.29) is 24.2 Å². The molecular weight excluding hydrogens is 138 g/mol. The molecule has 0 radical (unpaired) electrons. The van der Waals surface area contributed by atoms with Crippen LogP contribution >= 0.6 is 0 Å². The van der Waals surface area contributed by atoms with Crippen molar-refractivity contribution in [3.8, 4) is 11.8 Å². The van der Waals surface area contributed by atoms with E-state index in [4.69, 9.17) is 5.73 Å². The lowest BCUT2D eigenvalue weighted by molar-refractivity contribution is -0.120. The predicted octanol–water partition coefficient (Wildman–Crippen LogP) is 0.952. The molecular formula is C9H15NO. The molecule has 0 saturated carbocycles. The zero-order valence-corrected chi connectivity index (χ0v) is 7.35. The summed E-state index contributed by atoms with van der Waals surface area (Å²) in [6.45, 7) is 5.58. The maximum atomic E-state index is 11.1. The largest absolute Gasteiger partial charge is 0.321 e. The normalized spacial score (nSPS) is 12.1. The number of carbonyl (C=O) groups excluding carboxylic acids is 1. The average Bonchev–Trinajstić information content (AvgIpc) is 1.98. The Balaban J connectivity index is 3.90. The molecule has 0 fully saturated rings. The molecule has 2 heteroatoms. The molecule has 2 N–H and O–H groups in total. The van der Waals surface area contributed by atoms with Crippen LogP contribution in [0.3, 0.4) is 0 Å². The topological polar surface area (TPSA) is 43.1 Å². The van der Waals surface area contributed by atoms with Gasteiger partial charge in [-0.05, 0) is 12.8 Å². The Kier molecular flexibility index (Phi) is 4.56. The molecule has 0 spiro atoms. The van der Waals surface area contributed by atoms with Gasteiger partial charge in [-0.1, -0.05) is 19.8 Å². The minimum atomic E-state index is -0.351. The van der Waals surface area contributed by atoms with Gasteiger partial charge in [-0.3, -0.25) is 4.79 Å². The molecule has 1 unspecified atom stereocenters. The van der Waals surface area contributed by atoms with Gasteiger partial charge >= 0.3 is 0 Å². The maximum Gasteiger partial charge on any atom is 0.161 e. The van der Waals surface area contributed by atoms with Crippen LogP contribution in [-0.4, -0.2) is 11.8 Å². The fraction of sp³-hybridized carbons (Fsp3) is 0.667. The van der Waals surface area contributed by atoms with Crippen LogP contribution in [0, 0.1) is 17.8 Å². The summed E-state index contributed by atoms with van der Waals surface area (Å²) >= 11 is 0. The van der Waals surface area contributed by atoms with Crippen LogP contribution < -0.4 is 5.73 Å². The Hall–Kier alpha value is -0.810. The zero-order valence-electron chi connectivity index (χ0n) is 7.35. The summed E-state index contributed by atoms with van der Waals surface area (Å²) < 4.78 is 0. The second-order valence-electron chi connectivity index (χ2n) is 2.84. The Morgan fingerprint density at radius 2 is 2.09 bits per heavy atom. The first-order chi connectivity index (χ1) is 5.09. The monoisotopic (exact) mass is 153 g/mol. The summed E-state index contributed by atoms with van der Waals surface area (Å²) in [5.74, 6) is 5.62. The number of carbonyl (C=O) groups is 1. The highest BCUT2D eigenvalue weighted by atomic mass is 16.1. The van der Waals surface area contributed by atoms with Crippen LogP contribution in [0.2, 0.25) is 0 Å². The van der Waals surface area contributed by atoms with Crippen molar-refractivity contribution in [3.05, 3.63) is 0 Å². The van der Waals surface area contributed by atoms with Crippen molar-refractivity contribution in [1.29, 1.82) is 0 Å². The fourth-order valence-electron chi connectivity index (χ4n) is 0.665. The molecule has 0 aromatic rings. The number of hydrogen-bond acceptors (Lipinski definition) is 2. The number of rotatable bonds is 3. The molecule has 0 aromatic heterocycles. The van der Waals surface area contributed by atoms with Crippen LogP contribution in [0.5, 0.6) is 0 Å². The van der Waals surface area contributed by atoms with Gasteiger partial charge in [0.05, 0.1) is 12.5 Å². The van der Waals surface area contributed by atoms with Gasteiger partial charge < -0.3 is 5.73 Å². The van der Waals surface area contributed by atoms with Gasteiger partial charge in [0.25, 0.3) is 0 Å². The van der Waals surface area contributed by atoms with Gasteiger partial charge in [0, 0.05) is 0 Å². The second kappa shape index (κ2) is 4.92. The molecule has 11 heavy (non-hydrogen) atoms. The minimum Gasteiger partial charge on any atom is -0.321 e. The van der Waals surface area contributed by atoms with E-state index >= 15 is 0 Å². The Morgan fingerprint density at radius 1 is 1.55 bits per heavy atom. The van der Waals surface area contributed by atoms with Gasteiger partial charge in [-0.2, -0.15) is 0 Å². The van der Waals surface area contributed by atoms with Crippen molar-refractivity contribution >= 4 is 5.78 Å². The van der Waals surface area contributed by atoms with E-state index in [2.05, 4.69) is 11.8 Å². The molecule has 62 valence electrons. The first-order valence-corrected chi connectivity index (χ1v) is 3.77. The van der Waals surface area contributed by atoms with Crippen molar-refractivity contribution in [3.63, 3.8) is 0 Å². The van der Waals surface area contributed by atoms with Gasteiger partial charge in [-0.25, -0.2) is 0 Å². The van der Waals surface area contributed by atoms with Crippen molar-refractivity contribution < 1.29 is 4.79 Å². The van der Waals surface area contributed by atoms with E-state index in [9.17, 15) is 4.79 Å². The van der Waals surface area contributed by atoms with Crippen LogP contribution in [0.15, 0.2) is 0 Å². The van der Waals surface area contributed by atoms with Crippen molar-refractivity contribution in [2.75, 3.05) is 0 Å². The molecule has 0 aromatic carbocycles. The molecule has 0 rings (SSSR count). The molecule has 0 aliphatic heterocycles. The Morgan fingerprint density at radius 3 is 2.45 bits per heavy atom. The van der Waals surface area contributed by atoms with Gasteiger partial charge in [0.2, 0.25) is 0 Å². The summed E-state index contributed by atoms with van der Waals surface area (Å²) in [4.78, 5) is 11.1. The summed E-state index contributed by atoms with van der Waals surface area (Å²) in [6, 6.07) is -0.351. The van der Waals surface area contributed by atoms with Crippen molar-refractivity contribution in [2.45, 2.75) is 33.2 Å². The van der Waals surface area contributed by atoms with E-state index in [0.29, 0.717) is 0 Å². The van der Waals surface area contributed by atoms with Crippen molar-refractivity contribution in [1.82, 2.24) is 0 Å². The lowest BCUT2D eigenvalue weighted by atomic mass is 9.99. The van der Waals surface area contributed by atoms with Gasteiger partial charge in [0.15, 0.2) is 5.78 Å². The third kappa shape index (κ3) is 3.79. The Labute approximate surface area is 68.2 Å². The van der Waals surface area contributed by atoms with Crippen LogP contribution in [0.1, 0.15) is 27.2 Å². The first kappa shape index (κ1) is 10.2. The fourth-order valence-corrected chi connectivity index (χ4v) is 0.665. The highest BCUT2D eigenvalue weighted by molar-refractivity contribution is 5.86. The SMILES string of the molecule is CC#CCC(=O)C(N)C(C)C. The first-order valence-electron chi connectivity index (χ1n) is 3.77. The molecule has 0 heterocycles. The van der Waals surface area contributed by atoms with Gasteiger partial charge in [-0.15, -0.1) is 5.92 Å². The number of hydrogen-bond donors (Lipinski definition) is 1. The lowest BCUT2D eigenvalue weighted by Gasteiger charge is -2.11. The van der Waals surface area contributed by atoms with E-state index in [1.807, 2.05) is 13.8 Å². The highest BCUT2D eigenvalue weighted by Crippen LogP contribution is 2.00. The third-order valence-electron chi connectivity index (χ3n) is 1.53. The number of Topliss-reactive ketones (excluding diaryl/α,β-unsaturated/α-hetero) is 1. The number of ketones is 1. The quantitative estimate of drug-likeness (QED) is 0.613. The van der Waals surface area contributed by atoms with Crippen LogP contribution in [0.4, 0.5) is 0 Å². The smallest absolute Gasteiger partial charge is 0.161 e. The molecule has 0 saturated heterocycles. The van der Waals surface area contributed by atoms with Crippen LogP contribution in [0.25, 0.3) is 0 Å². The van der Waals surface area contributed by atoms with E-state index < -0.39 is 0 Å². The molecule has 1 atom stereocenters. The summed E-state index contributed by atoms with van der Waals surface area (Å²) in [6.07, 6.45) is 0.288. The van der Waals surface area contributed by atoms with E-state index in [0.717, 1.165) is 0 Å². The van der Waals surface area contributed by atoms with Gasteiger partial charge in [0.1, 0.15) is 0 Å². The summed E-state index contributed by atoms with van der Waals surface area (Å²) in [5.41, 5.74) is 5.58. The summed E-state index contributed by atoms with van der Waals surface area (Å²) in [7, 11) is 0. The highest BCUT2D eigenvalue weighted by Gasteiger charge is 2.15. The second-order valence-corrected chi connectivity index (χ2v) is 2.84. The third-order valence-corrected chi connectivity index (χ3v) is 1.53. The van der Waals surface area contributed by atoms with Crippen LogP contribution in [-0.2, 0) is 4.79 Å². The van der Waals surface area contributed by atoms with Crippen molar-refractivity contribution in [2.24, 2.45) is 11.7 Å². The molecule has 2 nitrogen and oxygen atoms in total. The predicted molar refractivity (Wildman–Crippen MR) is 45.9 cm³/mol. The van der Waals surface area contributed by atoms with E-state index in [1.165, 1.54) is 0 Å². The molecule has 0 amide bonds. The minimum absolute atomic E-state index is 0.0364. The zero-order chi connectivity index (χ0) is 8.85. The van der Waals surface area contributed by atoms with E-state index in [1.54, 1.807) is 6.92 Å². The maximum absolute atomic E-state index is 11.1. The average molecular weight is 153 g/mol. The molecule has 0 aliphatic carbocycles. The Bertz CT molecular complexity index is 185. The number of nitrogens with two attached hydrogens (primary N) is 1. The summed E-state index contributed by atoms with van der Waals surface area (Å²) in [5, 5.41) is 0. The standard InChI is InChI=1S/C9H15NO/c1-4-5-6-8(11)9(10)7(2)3/h7,9H,6,10H2,1-3H3.